The van der Waals surface area contributed by atoms with Crippen LogP contribution in [0.25, 0.3) is 0 Å². The number of aromatic nitrogens is 1. The summed E-state index contributed by atoms with van der Waals surface area (Å²) in [5, 5.41) is 0. The van der Waals surface area contributed by atoms with Gasteiger partial charge in [0.1, 0.15) is 12.4 Å². The Morgan fingerprint density at radius 2 is 1.76 bits per heavy atom. The molecule has 0 bridgehead atoms. The highest BCUT2D eigenvalue weighted by Crippen LogP contribution is 2.32. The molecule has 0 radical (unpaired) electrons. The molecule has 3 rings (SSSR count). The summed E-state index contributed by atoms with van der Waals surface area (Å²) < 4.78 is 19.2. The molecule has 1 amide bonds. The molecule has 1 aromatic heterocycles. The van der Waals surface area contributed by atoms with E-state index >= 15 is 0 Å². The maximum Gasteiger partial charge on any atom is 0.411 e. The maximum atomic E-state index is 13.6. The Balaban J connectivity index is 1.89. The van der Waals surface area contributed by atoms with Crippen molar-refractivity contribution in [2.45, 2.75) is 39.5 Å². The van der Waals surface area contributed by atoms with E-state index in [1.54, 1.807) is 17.2 Å². The van der Waals surface area contributed by atoms with Gasteiger partial charge in [0.2, 0.25) is 0 Å². The Labute approximate surface area is 171 Å². The van der Waals surface area contributed by atoms with Crippen LogP contribution >= 0.6 is 0 Å². The van der Waals surface area contributed by atoms with Crippen LogP contribution in [0.1, 0.15) is 48.3 Å². The van der Waals surface area contributed by atoms with Crippen LogP contribution in [-0.2, 0) is 11.3 Å². The lowest BCUT2D eigenvalue weighted by Crippen LogP contribution is -2.37. The third-order valence-electron chi connectivity index (χ3n) is 5.05. The number of pyridine rings is 1. The van der Waals surface area contributed by atoms with Crippen molar-refractivity contribution in [3.63, 3.8) is 0 Å². The molecule has 5 heteroatoms. The predicted molar refractivity (Wildman–Crippen MR) is 111 cm³/mol. The van der Waals surface area contributed by atoms with Crippen LogP contribution in [0.4, 0.5) is 9.18 Å². The van der Waals surface area contributed by atoms with E-state index in [0.29, 0.717) is 0 Å². The summed E-state index contributed by atoms with van der Waals surface area (Å²) in [6.07, 6.45) is 1.26. The van der Waals surface area contributed by atoms with Crippen LogP contribution in [-0.4, -0.2) is 16.0 Å². The number of rotatable bonds is 6. The van der Waals surface area contributed by atoms with Gasteiger partial charge in [-0.1, -0.05) is 42.5 Å². The summed E-state index contributed by atoms with van der Waals surface area (Å²) in [7, 11) is 0. The number of carbonyl (C=O) groups excluding carboxylic acids is 1. The minimum absolute atomic E-state index is 0.181. The average Bonchev–Trinajstić information content (AvgIpc) is 2.73. The van der Waals surface area contributed by atoms with Crippen LogP contribution < -0.4 is 0 Å². The smallest absolute Gasteiger partial charge is 0.411 e. The molecule has 0 saturated carbocycles. The fraction of sp³-hybridized carbons (Fsp3) is 0.250. The molecule has 0 aliphatic carbocycles. The van der Waals surface area contributed by atoms with Gasteiger partial charge in [-0.05, 0) is 61.7 Å². The van der Waals surface area contributed by atoms with Crippen molar-refractivity contribution in [2.24, 2.45) is 0 Å². The summed E-state index contributed by atoms with van der Waals surface area (Å²) in [4.78, 5) is 19.2. The van der Waals surface area contributed by atoms with Gasteiger partial charge in [-0.25, -0.2) is 9.18 Å². The van der Waals surface area contributed by atoms with Crippen molar-refractivity contribution in [2.75, 3.05) is 0 Å². The molecule has 3 aromatic rings. The van der Waals surface area contributed by atoms with Crippen LogP contribution in [0.15, 0.2) is 72.9 Å². The third-order valence-corrected chi connectivity index (χ3v) is 5.05. The van der Waals surface area contributed by atoms with Gasteiger partial charge in [0, 0.05) is 6.20 Å². The Bertz CT molecular complexity index is 948. The predicted octanol–water partition coefficient (Wildman–Crippen LogP) is 5.99. The third kappa shape index (κ3) is 4.99. The normalized spacial score (nSPS) is 12.8. The van der Waals surface area contributed by atoms with E-state index in [9.17, 15) is 9.18 Å². The molecule has 0 fully saturated rings. The van der Waals surface area contributed by atoms with Gasteiger partial charge in [0.05, 0.1) is 17.8 Å². The van der Waals surface area contributed by atoms with E-state index in [-0.39, 0.29) is 24.5 Å². The molecule has 0 aliphatic heterocycles. The number of hydrogen-bond acceptors (Lipinski definition) is 3. The van der Waals surface area contributed by atoms with E-state index < -0.39 is 6.09 Å². The number of aryl methyl sites for hydroxylation is 1. The zero-order chi connectivity index (χ0) is 20.8. The topological polar surface area (TPSA) is 42.4 Å². The van der Waals surface area contributed by atoms with E-state index in [1.807, 2.05) is 69.3 Å². The van der Waals surface area contributed by atoms with Crippen molar-refractivity contribution in [1.29, 1.82) is 0 Å². The fourth-order valence-corrected chi connectivity index (χ4v) is 3.47. The standard InChI is InChI=1S/C24H25FN2O2/c1-17-15-21(25)12-13-22(17)18(2)27(19(3)23-11-7-8-14-26-23)24(28)29-16-20-9-5-4-6-10-20/h4-15,18-19H,16H2,1-3H3. The molecule has 4 nitrogen and oxygen atoms in total. The largest absolute Gasteiger partial charge is 0.445 e. The first-order chi connectivity index (χ1) is 14.0. The van der Waals surface area contributed by atoms with Gasteiger partial charge >= 0.3 is 6.09 Å². The summed E-state index contributed by atoms with van der Waals surface area (Å²) in [5.41, 5.74) is 3.32. The molecule has 2 atom stereocenters. The summed E-state index contributed by atoms with van der Waals surface area (Å²) in [6.45, 7) is 5.86. The lowest BCUT2D eigenvalue weighted by Gasteiger charge is -2.34. The monoisotopic (exact) mass is 392 g/mol. The first-order valence-corrected chi connectivity index (χ1v) is 9.63. The Kier molecular flexibility index (Phi) is 6.60. The van der Waals surface area contributed by atoms with Crippen molar-refractivity contribution >= 4 is 6.09 Å². The van der Waals surface area contributed by atoms with E-state index in [1.165, 1.54) is 12.1 Å². The minimum atomic E-state index is -0.441. The Hall–Kier alpha value is -3.21. The Morgan fingerprint density at radius 3 is 2.41 bits per heavy atom. The number of hydrogen-bond donors (Lipinski definition) is 0. The second-order valence-corrected chi connectivity index (χ2v) is 7.05. The van der Waals surface area contributed by atoms with E-state index in [0.717, 1.165) is 22.4 Å². The zero-order valence-electron chi connectivity index (χ0n) is 16.9. The second-order valence-electron chi connectivity index (χ2n) is 7.05. The molecule has 0 N–H and O–H groups in total. The molecular formula is C24H25FN2O2. The first kappa shape index (κ1) is 20.5. The van der Waals surface area contributed by atoms with Gasteiger partial charge in [0.15, 0.2) is 0 Å². The highest BCUT2D eigenvalue weighted by Gasteiger charge is 2.30. The fourth-order valence-electron chi connectivity index (χ4n) is 3.47. The van der Waals surface area contributed by atoms with Crippen LogP contribution in [0.3, 0.4) is 0 Å². The van der Waals surface area contributed by atoms with Gasteiger partial charge in [-0.2, -0.15) is 0 Å². The molecule has 0 spiro atoms. The van der Waals surface area contributed by atoms with Crippen molar-refractivity contribution < 1.29 is 13.9 Å². The number of benzene rings is 2. The highest BCUT2D eigenvalue weighted by molar-refractivity contribution is 5.69. The molecule has 29 heavy (non-hydrogen) atoms. The molecule has 2 unspecified atom stereocenters. The molecule has 2 aromatic carbocycles. The van der Waals surface area contributed by atoms with Crippen molar-refractivity contribution in [1.82, 2.24) is 9.88 Å². The SMILES string of the molecule is Cc1cc(F)ccc1C(C)N(C(=O)OCc1ccccc1)C(C)c1ccccn1. The van der Waals surface area contributed by atoms with Crippen molar-refractivity contribution in [3.05, 3.63) is 101 Å². The first-order valence-electron chi connectivity index (χ1n) is 9.63. The summed E-state index contributed by atoms with van der Waals surface area (Å²) >= 11 is 0. The highest BCUT2D eigenvalue weighted by atomic mass is 19.1. The summed E-state index contributed by atoms with van der Waals surface area (Å²) in [5.74, 6) is -0.297. The average molecular weight is 392 g/mol. The number of ether oxygens (including phenoxy) is 1. The van der Waals surface area contributed by atoms with Gasteiger partial charge in [-0.15, -0.1) is 0 Å². The molecule has 150 valence electrons. The number of nitrogens with zero attached hydrogens (tertiary/aromatic N) is 2. The zero-order valence-corrected chi connectivity index (χ0v) is 16.9. The van der Waals surface area contributed by atoms with Crippen molar-refractivity contribution in [3.8, 4) is 0 Å². The summed E-state index contributed by atoms with van der Waals surface area (Å²) in [6, 6.07) is 19.1. The lowest BCUT2D eigenvalue weighted by molar-refractivity contribution is 0.0658. The lowest BCUT2D eigenvalue weighted by atomic mass is 9.99. The van der Waals surface area contributed by atoms with E-state index in [2.05, 4.69) is 4.98 Å². The number of carbonyl (C=O) groups is 1. The number of halogens is 1. The van der Waals surface area contributed by atoms with Gasteiger partial charge in [0.25, 0.3) is 0 Å². The van der Waals surface area contributed by atoms with Crippen LogP contribution in [0.2, 0.25) is 0 Å². The Morgan fingerprint density at radius 1 is 1.03 bits per heavy atom. The van der Waals surface area contributed by atoms with Crippen LogP contribution in [0.5, 0.6) is 0 Å². The van der Waals surface area contributed by atoms with Crippen LogP contribution in [0, 0.1) is 12.7 Å². The maximum absolute atomic E-state index is 13.6. The molecule has 0 aliphatic rings. The minimum Gasteiger partial charge on any atom is -0.445 e. The van der Waals surface area contributed by atoms with Gasteiger partial charge in [-0.3, -0.25) is 9.88 Å². The second kappa shape index (κ2) is 9.32. The van der Waals surface area contributed by atoms with E-state index in [4.69, 9.17) is 4.74 Å². The number of amides is 1. The quantitative estimate of drug-likeness (QED) is 0.517. The van der Waals surface area contributed by atoms with Gasteiger partial charge < -0.3 is 4.74 Å². The molecule has 0 saturated heterocycles. The molecular weight excluding hydrogens is 367 g/mol. The molecule has 1 heterocycles.